The lowest BCUT2D eigenvalue weighted by atomic mass is 10.1. The van der Waals surface area contributed by atoms with Crippen molar-refractivity contribution in [3.05, 3.63) is 15.0 Å². The van der Waals surface area contributed by atoms with E-state index in [1.54, 1.807) is 4.90 Å². The molecule has 0 bridgehead atoms. The van der Waals surface area contributed by atoms with Gasteiger partial charge in [-0.05, 0) is 28.8 Å². The van der Waals surface area contributed by atoms with E-state index < -0.39 is 6.17 Å². The number of piperidine rings is 1. The van der Waals surface area contributed by atoms with Crippen LogP contribution in [0, 0.1) is 0 Å². The molecule has 0 aliphatic carbocycles. The molecule has 15 heavy (non-hydrogen) atoms. The zero-order valence-electron chi connectivity index (χ0n) is 7.95. The topological polar surface area (TPSA) is 33.2 Å². The number of likely N-dealkylation sites (tertiary alicyclic amines) is 1. The standard InChI is InChI=1S/C9H10BrFN2OS/c10-9-12-4-7(15-9)8(14)13-3-1-2-6(11)5-13/h4,6H,1-3,5H2/t6-/m0/s1. The molecule has 1 saturated heterocycles. The Hall–Kier alpha value is -0.490. The van der Waals surface area contributed by atoms with Gasteiger partial charge in [-0.3, -0.25) is 4.79 Å². The van der Waals surface area contributed by atoms with E-state index in [2.05, 4.69) is 20.9 Å². The average Bonchev–Trinajstić information content (AvgIpc) is 2.64. The third-order valence-corrected chi connectivity index (χ3v) is 3.80. The molecule has 1 aromatic rings. The number of rotatable bonds is 1. The number of amides is 1. The maximum absolute atomic E-state index is 13.1. The molecule has 2 heterocycles. The lowest BCUT2D eigenvalue weighted by Gasteiger charge is -2.28. The van der Waals surface area contributed by atoms with Crippen molar-refractivity contribution in [1.82, 2.24) is 9.88 Å². The van der Waals surface area contributed by atoms with Crippen LogP contribution in [-0.4, -0.2) is 35.1 Å². The Labute approximate surface area is 99.4 Å². The minimum Gasteiger partial charge on any atom is -0.335 e. The second-order valence-electron chi connectivity index (χ2n) is 3.47. The molecule has 0 spiro atoms. The van der Waals surface area contributed by atoms with Crippen LogP contribution >= 0.6 is 27.3 Å². The molecule has 82 valence electrons. The molecule has 1 aliphatic heterocycles. The van der Waals surface area contributed by atoms with Gasteiger partial charge in [0.2, 0.25) is 0 Å². The number of thiazole rings is 1. The van der Waals surface area contributed by atoms with Crippen LogP contribution in [0.4, 0.5) is 4.39 Å². The summed E-state index contributed by atoms with van der Waals surface area (Å²) in [5, 5.41) is 0. The highest BCUT2D eigenvalue weighted by atomic mass is 79.9. The smallest absolute Gasteiger partial charge is 0.265 e. The number of alkyl halides is 1. The summed E-state index contributed by atoms with van der Waals surface area (Å²) in [6.45, 7) is 0.864. The van der Waals surface area contributed by atoms with Gasteiger partial charge in [0.15, 0.2) is 3.92 Å². The van der Waals surface area contributed by atoms with E-state index >= 15 is 0 Å². The van der Waals surface area contributed by atoms with E-state index in [0.29, 0.717) is 21.8 Å². The predicted molar refractivity (Wildman–Crippen MR) is 59.8 cm³/mol. The number of carbonyl (C=O) groups excluding carboxylic acids is 1. The molecule has 0 aromatic carbocycles. The van der Waals surface area contributed by atoms with Crippen LogP contribution in [0.1, 0.15) is 22.5 Å². The highest BCUT2D eigenvalue weighted by Crippen LogP contribution is 2.22. The zero-order chi connectivity index (χ0) is 10.8. The quantitative estimate of drug-likeness (QED) is 0.797. The first-order valence-corrected chi connectivity index (χ1v) is 6.32. The predicted octanol–water partition coefficient (Wildman–Crippen LogP) is 2.48. The Morgan fingerprint density at radius 3 is 3.13 bits per heavy atom. The fraction of sp³-hybridized carbons (Fsp3) is 0.556. The summed E-state index contributed by atoms with van der Waals surface area (Å²) in [5.74, 6) is -0.111. The number of hydrogen-bond acceptors (Lipinski definition) is 3. The van der Waals surface area contributed by atoms with Crippen molar-refractivity contribution in [2.75, 3.05) is 13.1 Å². The van der Waals surface area contributed by atoms with Crippen LogP contribution < -0.4 is 0 Å². The minimum absolute atomic E-state index is 0.111. The molecular weight excluding hydrogens is 283 g/mol. The fourth-order valence-electron chi connectivity index (χ4n) is 1.62. The highest BCUT2D eigenvalue weighted by Gasteiger charge is 2.25. The van der Waals surface area contributed by atoms with E-state index in [4.69, 9.17) is 0 Å². The minimum atomic E-state index is -0.876. The molecule has 3 nitrogen and oxygen atoms in total. The third kappa shape index (κ3) is 2.55. The summed E-state index contributed by atoms with van der Waals surface area (Å²) >= 11 is 4.48. The molecular formula is C9H10BrFN2OS. The van der Waals surface area contributed by atoms with Crippen molar-refractivity contribution < 1.29 is 9.18 Å². The summed E-state index contributed by atoms with van der Waals surface area (Å²) in [4.78, 5) is 17.9. The van der Waals surface area contributed by atoms with Gasteiger partial charge in [-0.25, -0.2) is 9.37 Å². The molecule has 1 atom stereocenters. The van der Waals surface area contributed by atoms with Crippen molar-refractivity contribution in [1.29, 1.82) is 0 Å². The first-order chi connectivity index (χ1) is 7.16. The van der Waals surface area contributed by atoms with Gasteiger partial charge in [0.25, 0.3) is 5.91 Å². The van der Waals surface area contributed by atoms with E-state index in [0.717, 1.165) is 6.42 Å². The van der Waals surface area contributed by atoms with Crippen molar-refractivity contribution in [2.24, 2.45) is 0 Å². The normalized spacial score (nSPS) is 21.7. The second kappa shape index (κ2) is 4.57. The van der Waals surface area contributed by atoms with E-state index in [-0.39, 0.29) is 12.5 Å². The van der Waals surface area contributed by atoms with Gasteiger partial charge in [-0.15, -0.1) is 11.3 Å². The Balaban J connectivity index is 2.07. The monoisotopic (exact) mass is 292 g/mol. The Morgan fingerprint density at radius 1 is 1.73 bits per heavy atom. The SMILES string of the molecule is O=C(c1cnc(Br)s1)N1CCC[C@H](F)C1. The molecule has 0 N–H and O–H groups in total. The number of halogens is 2. The lowest BCUT2D eigenvalue weighted by molar-refractivity contribution is 0.0640. The Kier molecular flexibility index (Phi) is 3.35. The molecule has 1 aliphatic rings. The molecule has 6 heteroatoms. The summed E-state index contributed by atoms with van der Waals surface area (Å²) in [5.41, 5.74) is 0. The van der Waals surface area contributed by atoms with Crippen molar-refractivity contribution in [3.8, 4) is 0 Å². The summed E-state index contributed by atoms with van der Waals surface area (Å²) in [6, 6.07) is 0. The van der Waals surface area contributed by atoms with Gasteiger partial charge in [-0.1, -0.05) is 0 Å². The molecule has 0 unspecified atom stereocenters. The number of carbonyl (C=O) groups is 1. The van der Waals surface area contributed by atoms with Crippen molar-refractivity contribution >= 4 is 33.2 Å². The van der Waals surface area contributed by atoms with E-state index in [1.807, 2.05) is 0 Å². The number of hydrogen-bond donors (Lipinski definition) is 0. The van der Waals surface area contributed by atoms with E-state index in [9.17, 15) is 9.18 Å². The highest BCUT2D eigenvalue weighted by molar-refractivity contribution is 9.11. The summed E-state index contributed by atoms with van der Waals surface area (Å²) in [6.07, 6.45) is 1.96. The molecule has 1 aromatic heterocycles. The second-order valence-corrected chi connectivity index (χ2v) is 5.77. The van der Waals surface area contributed by atoms with Gasteiger partial charge >= 0.3 is 0 Å². The van der Waals surface area contributed by atoms with Gasteiger partial charge in [0.1, 0.15) is 11.0 Å². The van der Waals surface area contributed by atoms with Crippen molar-refractivity contribution in [3.63, 3.8) is 0 Å². The van der Waals surface area contributed by atoms with Gasteiger partial charge in [0, 0.05) is 6.54 Å². The summed E-state index contributed by atoms with van der Waals surface area (Å²) < 4.78 is 13.8. The maximum Gasteiger partial charge on any atom is 0.265 e. The van der Waals surface area contributed by atoms with E-state index in [1.165, 1.54) is 17.5 Å². The lowest BCUT2D eigenvalue weighted by Crippen LogP contribution is -2.40. The third-order valence-electron chi connectivity index (χ3n) is 2.34. The van der Waals surface area contributed by atoms with Gasteiger partial charge in [-0.2, -0.15) is 0 Å². The van der Waals surface area contributed by atoms with Crippen LogP contribution in [0.15, 0.2) is 10.1 Å². The Morgan fingerprint density at radius 2 is 2.53 bits per heavy atom. The summed E-state index contributed by atoms with van der Waals surface area (Å²) in [7, 11) is 0. The van der Waals surface area contributed by atoms with Crippen LogP contribution in [-0.2, 0) is 0 Å². The van der Waals surface area contributed by atoms with Crippen LogP contribution in [0.2, 0.25) is 0 Å². The molecule has 0 saturated carbocycles. The maximum atomic E-state index is 13.1. The zero-order valence-corrected chi connectivity index (χ0v) is 10.4. The fourth-order valence-corrected chi connectivity index (χ4v) is 2.85. The molecule has 1 fully saturated rings. The molecule has 1 amide bonds. The first-order valence-electron chi connectivity index (χ1n) is 4.71. The Bertz CT molecular complexity index is 371. The average molecular weight is 293 g/mol. The molecule has 2 rings (SSSR count). The van der Waals surface area contributed by atoms with Crippen molar-refractivity contribution in [2.45, 2.75) is 19.0 Å². The number of nitrogens with zero attached hydrogens (tertiary/aromatic N) is 2. The van der Waals surface area contributed by atoms with Crippen LogP contribution in [0.3, 0.4) is 0 Å². The van der Waals surface area contributed by atoms with Crippen LogP contribution in [0.5, 0.6) is 0 Å². The largest absolute Gasteiger partial charge is 0.335 e. The van der Waals surface area contributed by atoms with Crippen LogP contribution in [0.25, 0.3) is 0 Å². The van der Waals surface area contributed by atoms with Gasteiger partial charge < -0.3 is 4.90 Å². The first kappa shape index (κ1) is 11.0. The van der Waals surface area contributed by atoms with Gasteiger partial charge in [0.05, 0.1) is 12.7 Å². The number of aromatic nitrogens is 1. The molecule has 0 radical (unpaired) electrons.